The topological polar surface area (TPSA) is 71.0 Å². The smallest absolute Gasteiger partial charge is 0.220 e. The number of ether oxygens (including phenoxy) is 2. The van der Waals surface area contributed by atoms with Gasteiger partial charge in [-0.3, -0.25) is 4.79 Å². The number of hydrogen-bond acceptors (Lipinski definition) is 5. The Kier molecular flexibility index (Phi) is 6.67. The number of fused-ring (bicyclic) bond motifs is 1. The van der Waals surface area contributed by atoms with Crippen molar-refractivity contribution in [1.82, 2.24) is 10.2 Å². The number of aliphatic hydroxyl groups is 1. The lowest BCUT2D eigenvalue weighted by Crippen LogP contribution is -2.46. The average molecular weight is 409 g/mol. The molecule has 1 fully saturated rings. The van der Waals surface area contributed by atoms with Crippen molar-refractivity contribution in [1.29, 1.82) is 0 Å². The lowest BCUT2D eigenvalue weighted by molar-refractivity contribution is -0.123. The summed E-state index contributed by atoms with van der Waals surface area (Å²) in [6.45, 7) is -0.799. The predicted molar refractivity (Wildman–Crippen MR) is 113 cm³/mol. The number of carbonyl (C=O) groups is 1. The molecule has 0 bridgehead atoms. The van der Waals surface area contributed by atoms with Crippen LogP contribution in [0.1, 0.15) is 75.4 Å². The Morgan fingerprint density at radius 2 is 1.90 bits per heavy atom. The lowest BCUT2D eigenvalue weighted by Gasteiger charge is -2.29. The van der Waals surface area contributed by atoms with E-state index in [0.717, 1.165) is 51.6 Å². The molecule has 0 radical (unpaired) electrons. The van der Waals surface area contributed by atoms with Crippen LogP contribution >= 0.6 is 0 Å². The van der Waals surface area contributed by atoms with E-state index >= 15 is 0 Å². The molecule has 3 rings (SSSR count). The molecule has 0 aliphatic carbocycles. The Bertz CT molecular complexity index is 803. The molecule has 2 N–H and O–H groups in total. The van der Waals surface area contributed by atoms with Crippen molar-refractivity contribution in [3.63, 3.8) is 0 Å². The summed E-state index contributed by atoms with van der Waals surface area (Å²) in [5.41, 5.74) is 0.447. The maximum absolute atomic E-state index is 12.6. The molecule has 2 atom stereocenters. The number of likely N-dealkylation sites (tertiary alicyclic amines) is 1. The molecule has 1 aromatic carbocycles. The van der Waals surface area contributed by atoms with E-state index in [1.807, 2.05) is 0 Å². The van der Waals surface area contributed by atoms with Gasteiger partial charge in [0, 0.05) is 13.0 Å². The fraction of sp³-hybridized carbons (Fsp3) is 0.696. The quantitative estimate of drug-likeness (QED) is 0.549. The van der Waals surface area contributed by atoms with Crippen LogP contribution in [-0.2, 0) is 4.79 Å². The monoisotopic (exact) mass is 408 g/mol. The highest BCUT2D eigenvalue weighted by atomic mass is 16.6. The number of rotatable bonds is 11. The summed E-state index contributed by atoms with van der Waals surface area (Å²) in [5.74, 6) is 0.00366. The second-order valence-electron chi connectivity index (χ2n) is 7.91. The van der Waals surface area contributed by atoms with Crippen LogP contribution in [0.2, 0.25) is 0 Å². The second-order valence-corrected chi connectivity index (χ2v) is 7.91. The summed E-state index contributed by atoms with van der Waals surface area (Å²) >= 11 is 0. The molecule has 1 amide bonds. The summed E-state index contributed by atoms with van der Waals surface area (Å²) in [5, 5.41) is 14.2. The van der Waals surface area contributed by atoms with E-state index in [9.17, 15) is 9.90 Å². The van der Waals surface area contributed by atoms with Crippen molar-refractivity contribution in [3.05, 3.63) is 23.8 Å². The molecule has 0 saturated carbocycles. The fourth-order valence-corrected chi connectivity index (χ4v) is 3.89. The molecule has 1 aromatic rings. The standard InChI is InChI=1S/C23H36N2O4/c1-2-3-4-5-6-9-22(26)24-19(17-25-12-7-8-13-25)23(27)18-10-11-20-21(16-18)29-15-14-28-20/h10-11,16,19,23,27H,2-9,12-15,17H2,1H3,(H,24,26)/t19-,23-/m1/s1/i14D2,15D2. The minimum Gasteiger partial charge on any atom is -0.486 e. The first-order valence-corrected chi connectivity index (χ1v) is 10.8. The Morgan fingerprint density at radius 1 is 1.17 bits per heavy atom. The normalized spacial score (nSPS) is 23.9. The third-order valence-corrected chi connectivity index (χ3v) is 5.56. The first kappa shape index (κ1) is 16.9. The summed E-state index contributed by atoms with van der Waals surface area (Å²) in [4.78, 5) is 14.8. The number of nitrogens with zero attached hydrogens (tertiary/aromatic N) is 1. The van der Waals surface area contributed by atoms with E-state index in [1.54, 1.807) is 6.07 Å². The number of unbranched alkanes of at least 4 members (excludes halogenated alkanes) is 4. The summed E-state index contributed by atoms with van der Waals surface area (Å²) < 4.78 is 41.4. The zero-order valence-electron chi connectivity index (χ0n) is 21.3. The molecule has 6 heteroatoms. The lowest BCUT2D eigenvalue weighted by atomic mass is 10.0. The van der Waals surface area contributed by atoms with Crippen molar-refractivity contribution in [2.24, 2.45) is 0 Å². The van der Waals surface area contributed by atoms with Gasteiger partial charge in [-0.15, -0.1) is 0 Å². The zero-order valence-corrected chi connectivity index (χ0v) is 17.3. The number of benzene rings is 1. The molecule has 162 valence electrons. The van der Waals surface area contributed by atoms with Gasteiger partial charge in [-0.25, -0.2) is 0 Å². The number of amides is 1. The van der Waals surface area contributed by atoms with E-state index in [1.165, 1.54) is 18.6 Å². The highest BCUT2D eigenvalue weighted by Crippen LogP contribution is 2.33. The van der Waals surface area contributed by atoms with Crippen molar-refractivity contribution in [3.8, 4) is 11.5 Å². The molecular formula is C23H36N2O4. The van der Waals surface area contributed by atoms with Crippen LogP contribution in [0.3, 0.4) is 0 Å². The third kappa shape index (κ3) is 6.61. The summed E-state index contributed by atoms with van der Waals surface area (Å²) in [7, 11) is 0. The van der Waals surface area contributed by atoms with E-state index in [4.69, 9.17) is 15.0 Å². The van der Waals surface area contributed by atoms with Gasteiger partial charge < -0.3 is 24.8 Å². The molecule has 0 unspecified atom stereocenters. The Balaban J connectivity index is 1.70. The van der Waals surface area contributed by atoms with Gasteiger partial charge in [0.05, 0.1) is 11.5 Å². The van der Waals surface area contributed by atoms with E-state index < -0.39 is 25.3 Å². The molecule has 2 aliphatic heterocycles. The summed E-state index contributed by atoms with van der Waals surface area (Å²) in [6, 6.07) is 3.99. The van der Waals surface area contributed by atoms with Crippen LogP contribution in [-0.4, -0.2) is 54.7 Å². The minimum absolute atomic E-state index is 0.0221. The number of carbonyl (C=O) groups excluding carboxylic acids is 1. The molecule has 0 aromatic heterocycles. The van der Waals surface area contributed by atoms with Crippen LogP contribution in [0.5, 0.6) is 11.5 Å². The van der Waals surface area contributed by atoms with Crippen molar-refractivity contribution >= 4 is 5.91 Å². The number of hydrogen-bond donors (Lipinski definition) is 2. The number of aliphatic hydroxyl groups excluding tert-OH is 1. The van der Waals surface area contributed by atoms with Crippen LogP contribution < -0.4 is 14.8 Å². The van der Waals surface area contributed by atoms with Gasteiger partial charge in [0.25, 0.3) is 0 Å². The van der Waals surface area contributed by atoms with Crippen LogP contribution in [0.25, 0.3) is 0 Å². The van der Waals surface area contributed by atoms with Gasteiger partial charge in [-0.1, -0.05) is 38.7 Å². The Morgan fingerprint density at radius 3 is 2.66 bits per heavy atom. The van der Waals surface area contributed by atoms with Crippen LogP contribution in [0.15, 0.2) is 18.2 Å². The van der Waals surface area contributed by atoms with Gasteiger partial charge in [0.1, 0.15) is 19.2 Å². The largest absolute Gasteiger partial charge is 0.486 e. The maximum Gasteiger partial charge on any atom is 0.220 e. The van der Waals surface area contributed by atoms with Gasteiger partial charge in [-0.05, 0) is 50.0 Å². The average Bonchev–Trinajstić information content (AvgIpc) is 3.26. The summed E-state index contributed by atoms with van der Waals surface area (Å²) in [6.07, 6.45) is 6.84. The predicted octanol–water partition coefficient (Wildman–Crippen LogP) is 3.43. The van der Waals surface area contributed by atoms with Gasteiger partial charge in [0.15, 0.2) is 11.5 Å². The highest BCUT2D eigenvalue weighted by molar-refractivity contribution is 5.76. The molecular weight excluding hydrogens is 368 g/mol. The maximum atomic E-state index is 12.6. The van der Waals surface area contributed by atoms with Crippen molar-refractivity contribution < 1.29 is 24.9 Å². The first-order valence-electron chi connectivity index (χ1n) is 12.8. The molecule has 1 saturated heterocycles. The van der Waals surface area contributed by atoms with Gasteiger partial charge in [-0.2, -0.15) is 0 Å². The molecule has 6 nitrogen and oxygen atoms in total. The highest BCUT2D eigenvalue weighted by Gasteiger charge is 2.27. The molecule has 0 spiro atoms. The van der Waals surface area contributed by atoms with Crippen molar-refractivity contribution in [2.45, 2.75) is 70.4 Å². The van der Waals surface area contributed by atoms with Crippen molar-refractivity contribution in [2.75, 3.05) is 32.8 Å². The number of nitrogens with one attached hydrogen (secondary N) is 1. The van der Waals surface area contributed by atoms with E-state index in [0.29, 0.717) is 18.5 Å². The van der Waals surface area contributed by atoms with E-state index in [2.05, 4.69) is 17.1 Å². The molecule has 2 aliphatic rings. The second kappa shape index (κ2) is 11.4. The third-order valence-electron chi connectivity index (χ3n) is 5.56. The fourth-order valence-electron chi connectivity index (χ4n) is 3.89. The van der Waals surface area contributed by atoms with Gasteiger partial charge >= 0.3 is 0 Å². The van der Waals surface area contributed by atoms with Gasteiger partial charge in [0.2, 0.25) is 5.91 Å². The minimum atomic E-state index is -2.68. The zero-order chi connectivity index (χ0) is 24.1. The SMILES string of the molecule is [2H]C1([2H])Oc2ccc([C@@H](O)[C@@H](CN3CCCC3)NC(=O)CCCCCCC)cc2OC1([2H])[2H]. The molecule has 2 heterocycles. The Hall–Kier alpha value is -1.79. The van der Waals surface area contributed by atoms with Crippen LogP contribution in [0, 0.1) is 0 Å². The first-order chi connectivity index (χ1) is 15.6. The Labute approximate surface area is 180 Å². The van der Waals surface area contributed by atoms with E-state index in [-0.39, 0.29) is 17.4 Å². The van der Waals surface area contributed by atoms with Crippen LogP contribution in [0.4, 0.5) is 0 Å². The molecule has 29 heavy (non-hydrogen) atoms.